The van der Waals surface area contributed by atoms with E-state index in [0.29, 0.717) is 24.3 Å². The maximum atomic E-state index is 12.7. The van der Waals surface area contributed by atoms with Crippen LogP contribution >= 0.6 is 22.9 Å². The number of aromatic amines is 1. The first-order valence-electron chi connectivity index (χ1n) is 8.59. The van der Waals surface area contributed by atoms with Gasteiger partial charge in [-0.05, 0) is 24.2 Å². The van der Waals surface area contributed by atoms with Crippen molar-refractivity contribution in [3.8, 4) is 11.1 Å². The van der Waals surface area contributed by atoms with Gasteiger partial charge in [0.05, 0.1) is 11.9 Å². The highest BCUT2D eigenvalue weighted by atomic mass is 35.5. The monoisotopic (exact) mass is 395 g/mol. The molecule has 27 heavy (non-hydrogen) atoms. The molecule has 2 aromatic carbocycles. The molecule has 2 heterocycles. The van der Waals surface area contributed by atoms with Crippen LogP contribution in [0.25, 0.3) is 21.3 Å². The molecule has 4 aromatic rings. The van der Waals surface area contributed by atoms with Crippen LogP contribution in [-0.4, -0.2) is 21.9 Å². The number of nitrogens with zero attached hydrogens (tertiary/aromatic N) is 2. The molecule has 0 saturated carbocycles. The van der Waals surface area contributed by atoms with Crippen molar-refractivity contribution < 1.29 is 0 Å². The number of halogens is 1. The Morgan fingerprint density at radius 1 is 1.07 bits per heavy atom. The second-order valence-electron chi connectivity index (χ2n) is 6.47. The SMILES string of the molecule is CN(Cc1nc2scc(-c3ccccc3)c2c(=O)[nH]1)Cc1ccccc1Cl. The molecular weight excluding hydrogens is 378 g/mol. The zero-order chi connectivity index (χ0) is 18.8. The van der Waals surface area contributed by atoms with Crippen LogP contribution in [0.3, 0.4) is 0 Å². The van der Waals surface area contributed by atoms with Gasteiger partial charge in [0.25, 0.3) is 5.56 Å². The number of nitrogens with one attached hydrogen (secondary N) is 1. The summed E-state index contributed by atoms with van der Waals surface area (Å²) in [7, 11) is 1.98. The van der Waals surface area contributed by atoms with E-state index in [1.54, 1.807) is 0 Å². The quantitative estimate of drug-likeness (QED) is 0.520. The minimum absolute atomic E-state index is 0.0961. The highest BCUT2D eigenvalue weighted by Crippen LogP contribution is 2.30. The summed E-state index contributed by atoms with van der Waals surface area (Å²) in [4.78, 5) is 23.2. The molecule has 0 aliphatic carbocycles. The lowest BCUT2D eigenvalue weighted by atomic mass is 10.1. The van der Waals surface area contributed by atoms with Crippen LogP contribution < -0.4 is 5.56 Å². The van der Waals surface area contributed by atoms with E-state index >= 15 is 0 Å². The Bertz CT molecular complexity index is 1140. The molecule has 0 radical (unpaired) electrons. The Hall–Kier alpha value is -2.47. The molecule has 136 valence electrons. The molecular formula is C21H18ClN3OS. The van der Waals surface area contributed by atoms with E-state index in [9.17, 15) is 4.79 Å². The van der Waals surface area contributed by atoms with E-state index in [2.05, 4.69) is 14.9 Å². The number of thiophene rings is 1. The molecule has 1 N–H and O–H groups in total. The molecule has 4 rings (SSSR count). The van der Waals surface area contributed by atoms with Crippen molar-refractivity contribution in [2.45, 2.75) is 13.1 Å². The predicted octanol–water partition coefficient (Wildman–Crippen LogP) is 4.94. The van der Waals surface area contributed by atoms with Crippen LogP contribution in [0.5, 0.6) is 0 Å². The van der Waals surface area contributed by atoms with E-state index < -0.39 is 0 Å². The van der Waals surface area contributed by atoms with E-state index in [0.717, 1.165) is 26.5 Å². The number of H-pyrrole nitrogens is 1. The van der Waals surface area contributed by atoms with E-state index in [4.69, 9.17) is 11.6 Å². The minimum Gasteiger partial charge on any atom is -0.309 e. The van der Waals surface area contributed by atoms with Gasteiger partial charge in [0.1, 0.15) is 10.7 Å². The van der Waals surface area contributed by atoms with Gasteiger partial charge in [-0.25, -0.2) is 4.98 Å². The summed E-state index contributed by atoms with van der Waals surface area (Å²) in [6.45, 7) is 1.22. The number of benzene rings is 2. The average molecular weight is 396 g/mol. The summed E-state index contributed by atoms with van der Waals surface area (Å²) in [6, 6.07) is 17.7. The summed E-state index contributed by atoms with van der Waals surface area (Å²) < 4.78 is 0. The lowest BCUT2D eigenvalue weighted by Crippen LogP contribution is -2.21. The first-order valence-corrected chi connectivity index (χ1v) is 9.85. The molecule has 0 aliphatic heterocycles. The van der Waals surface area contributed by atoms with Crippen LogP contribution in [-0.2, 0) is 13.1 Å². The second kappa shape index (κ2) is 7.64. The number of hydrogen-bond acceptors (Lipinski definition) is 4. The van der Waals surface area contributed by atoms with Crippen molar-refractivity contribution in [2.75, 3.05) is 7.05 Å². The molecule has 2 aromatic heterocycles. The van der Waals surface area contributed by atoms with Gasteiger partial charge in [0.15, 0.2) is 0 Å². The zero-order valence-corrected chi connectivity index (χ0v) is 16.3. The number of hydrogen-bond donors (Lipinski definition) is 1. The molecule has 0 bridgehead atoms. The van der Waals surface area contributed by atoms with Gasteiger partial charge in [-0.15, -0.1) is 11.3 Å². The average Bonchev–Trinajstić information content (AvgIpc) is 3.09. The fourth-order valence-electron chi connectivity index (χ4n) is 3.13. The van der Waals surface area contributed by atoms with Crippen molar-refractivity contribution in [3.05, 3.63) is 86.7 Å². The molecule has 0 unspecified atom stereocenters. The molecule has 0 saturated heterocycles. The van der Waals surface area contributed by atoms with E-state index in [-0.39, 0.29) is 5.56 Å². The van der Waals surface area contributed by atoms with Gasteiger partial charge >= 0.3 is 0 Å². The van der Waals surface area contributed by atoms with E-state index in [1.165, 1.54) is 11.3 Å². The molecule has 6 heteroatoms. The van der Waals surface area contributed by atoms with Crippen LogP contribution in [0.1, 0.15) is 11.4 Å². The van der Waals surface area contributed by atoms with Gasteiger partial charge in [0.2, 0.25) is 0 Å². The molecule has 0 atom stereocenters. The minimum atomic E-state index is -0.0961. The Balaban J connectivity index is 1.61. The molecule has 0 amide bonds. The van der Waals surface area contributed by atoms with Crippen molar-refractivity contribution in [1.82, 2.24) is 14.9 Å². The molecule has 0 spiro atoms. The third kappa shape index (κ3) is 3.81. The summed E-state index contributed by atoms with van der Waals surface area (Å²) in [5.74, 6) is 0.656. The fourth-order valence-corrected chi connectivity index (χ4v) is 4.29. The van der Waals surface area contributed by atoms with Crippen LogP contribution in [0.15, 0.2) is 64.8 Å². The van der Waals surface area contributed by atoms with Crippen molar-refractivity contribution in [2.24, 2.45) is 0 Å². The van der Waals surface area contributed by atoms with Crippen LogP contribution in [0.4, 0.5) is 0 Å². The zero-order valence-electron chi connectivity index (χ0n) is 14.8. The van der Waals surface area contributed by atoms with Gasteiger partial charge in [-0.1, -0.05) is 60.1 Å². The first-order chi connectivity index (χ1) is 13.1. The number of aromatic nitrogens is 2. The van der Waals surface area contributed by atoms with Gasteiger partial charge < -0.3 is 4.98 Å². The van der Waals surface area contributed by atoms with Crippen molar-refractivity contribution >= 4 is 33.2 Å². The predicted molar refractivity (Wildman–Crippen MR) is 112 cm³/mol. The third-order valence-electron chi connectivity index (χ3n) is 4.40. The first kappa shape index (κ1) is 17.9. The van der Waals surface area contributed by atoms with Gasteiger partial charge in [0, 0.05) is 22.5 Å². The van der Waals surface area contributed by atoms with Crippen LogP contribution in [0, 0.1) is 0 Å². The largest absolute Gasteiger partial charge is 0.309 e. The smallest absolute Gasteiger partial charge is 0.260 e. The van der Waals surface area contributed by atoms with E-state index in [1.807, 2.05) is 67.0 Å². The fraction of sp³-hybridized carbons (Fsp3) is 0.143. The normalized spacial score (nSPS) is 11.4. The van der Waals surface area contributed by atoms with Crippen LogP contribution in [0.2, 0.25) is 5.02 Å². The van der Waals surface area contributed by atoms with Crippen molar-refractivity contribution in [3.63, 3.8) is 0 Å². The van der Waals surface area contributed by atoms with Crippen molar-refractivity contribution in [1.29, 1.82) is 0 Å². The lowest BCUT2D eigenvalue weighted by molar-refractivity contribution is 0.311. The lowest BCUT2D eigenvalue weighted by Gasteiger charge is -2.16. The number of rotatable bonds is 5. The Morgan fingerprint density at radius 3 is 2.59 bits per heavy atom. The Morgan fingerprint density at radius 2 is 1.81 bits per heavy atom. The summed E-state index contributed by atoms with van der Waals surface area (Å²) in [6.07, 6.45) is 0. The maximum absolute atomic E-state index is 12.7. The maximum Gasteiger partial charge on any atom is 0.260 e. The Labute approximate surface area is 166 Å². The topological polar surface area (TPSA) is 49.0 Å². The van der Waals surface area contributed by atoms with Gasteiger partial charge in [-0.3, -0.25) is 9.69 Å². The molecule has 0 aliphatic rings. The Kier molecular flexibility index (Phi) is 5.07. The van der Waals surface area contributed by atoms with Gasteiger partial charge in [-0.2, -0.15) is 0 Å². The summed E-state index contributed by atoms with van der Waals surface area (Å²) in [5, 5.41) is 3.40. The molecule has 0 fully saturated rings. The third-order valence-corrected chi connectivity index (χ3v) is 5.64. The highest BCUT2D eigenvalue weighted by molar-refractivity contribution is 7.17. The second-order valence-corrected chi connectivity index (χ2v) is 7.74. The summed E-state index contributed by atoms with van der Waals surface area (Å²) in [5.41, 5.74) is 2.91. The molecule has 4 nitrogen and oxygen atoms in total. The highest BCUT2D eigenvalue weighted by Gasteiger charge is 2.14. The standard InChI is InChI=1S/C21H18ClN3OS/c1-25(11-15-9-5-6-10-17(15)22)12-18-23-20(26)19-16(13-27-21(19)24-18)14-7-3-2-4-8-14/h2-10,13H,11-12H2,1H3,(H,23,24,26). The summed E-state index contributed by atoms with van der Waals surface area (Å²) >= 11 is 7.74. The number of fused-ring (bicyclic) bond motifs is 1.